The Hall–Kier alpha value is -1.71. The van der Waals surface area contributed by atoms with Gasteiger partial charge in [-0.15, -0.1) is 0 Å². The normalized spacial score (nSPS) is 24.0. The van der Waals surface area contributed by atoms with Crippen LogP contribution in [0.3, 0.4) is 0 Å². The van der Waals surface area contributed by atoms with Gasteiger partial charge in [0, 0.05) is 6.42 Å². The zero-order chi connectivity index (χ0) is 11.5. The van der Waals surface area contributed by atoms with Gasteiger partial charge in [-0.1, -0.05) is 0 Å². The van der Waals surface area contributed by atoms with E-state index in [-0.39, 0.29) is 17.8 Å². The molecule has 1 aromatic heterocycles. The molecule has 4 heteroatoms. The van der Waals surface area contributed by atoms with Crippen molar-refractivity contribution >= 4 is 5.97 Å². The third kappa shape index (κ3) is 1.83. The van der Waals surface area contributed by atoms with Crippen LogP contribution in [0, 0.1) is 5.92 Å². The van der Waals surface area contributed by atoms with E-state index in [0.717, 1.165) is 11.5 Å². The number of ether oxygens (including phenoxy) is 2. The molecule has 1 aromatic rings. The first-order chi connectivity index (χ1) is 7.76. The molecule has 0 amide bonds. The fourth-order valence-electron chi connectivity index (χ4n) is 2.02. The monoisotopic (exact) mass is 222 g/mol. The number of carbonyl (C=O) groups is 1. The van der Waals surface area contributed by atoms with Crippen molar-refractivity contribution in [1.82, 2.24) is 0 Å². The van der Waals surface area contributed by atoms with Gasteiger partial charge in [0.15, 0.2) is 0 Å². The van der Waals surface area contributed by atoms with Crippen molar-refractivity contribution in [2.75, 3.05) is 14.2 Å². The maximum Gasteiger partial charge on any atom is 0.310 e. The van der Waals surface area contributed by atoms with Crippen LogP contribution in [-0.2, 0) is 14.3 Å². The van der Waals surface area contributed by atoms with Crippen LogP contribution in [0.15, 0.2) is 34.6 Å². The molecule has 0 aromatic carbocycles. The zero-order valence-corrected chi connectivity index (χ0v) is 9.30. The van der Waals surface area contributed by atoms with Gasteiger partial charge in [0.05, 0.1) is 38.1 Å². The van der Waals surface area contributed by atoms with Gasteiger partial charge in [0.1, 0.15) is 5.76 Å². The first kappa shape index (κ1) is 10.8. The highest BCUT2D eigenvalue weighted by atomic mass is 16.5. The molecule has 0 saturated carbocycles. The van der Waals surface area contributed by atoms with Crippen LogP contribution in [0.4, 0.5) is 0 Å². The molecule has 4 nitrogen and oxygen atoms in total. The molecule has 0 spiro atoms. The number of carbonyl (C=O) groups excluding carboxylic acids is 1. The Balaban J connectivity index is 2.25. The lowest BCUT2D eigenvalue weighted by molar-refractivity contribution is -0.145. The Morgan fingerprint density at radius 1 is 1.50 bits per heavy atom. The van der Waals surface area contributed by atoms with E-state index in [2.05, 4.69) is 0 Å². The van der Waals surface area contributed by atoms with Crippen LogP contribution in [0.25, 0.3) is 0 Å². The molecule has 2 rings (SSSR count). The lowest BCUT2D eigenvalue weighted by Crippen LogP contribution is -2.19. The van der Waals surface area contributed by atoms with Crippen LogP contribution in [-0.4, -0.2) is 20.2 Å². The molecule has 0 fully saturated rings. The molecule has 86 valence electrons. The van der Waals surface area contributed by atoms with Crippen molar-refractivity contribution in [1.29, 1.82) is 0 Å². The molecule has 0 radical (unpaired) electrons. The summed E-state index contributed by atoms with van der Waals surface area (Å²) in [4.78, 5) is 11.6. The summed E-state index contributed by atoms with van der Waals surface area (Å²) in [6.45, 7) is 0. The maximum absolute atomic E-state index is 11.6. The van der Waals surface area contributed by atoms with Gasteiger partial charge in [-0.3, -0.25) is 4.79 Å². The van der Waals surface area contributed by atoms with Crippen LogP contribution in [0.5, 0.6) is 0 Å². The van der Waals surface area contributed by atoms with Crippen LogP contribution < -0.4 is 0 Å². The highest BCUT2D eigenvalue weighted by Crippen LogP contribution is 2.39. The highest BCUT2D eigenvalue weighted by Gasteiger charge is 2.37. The number of rotatable bonds is 3. The summed E-state index contributed by atoms with van der Waals surface area (Å²) < 4.78 is 15.3. The fourth-order valence-corrected chi connectivity index (χ4v) is 2.02. The van der Waals surface area contributed by atoms with Gasteiger partial charge in [-0.25, -0.2) is 0 Å². The van der Waals surface area contributed by atoms with Crippen molar-refractivity contribution in [3.63, 3.8) is 0 Å². The average Bonchev–Trinajstić information content (AvgIpc) is 2.95. The van der Waals surface area contributed by atoms with E-state index in [4.69, 9.17) is 13.9 Å². The summed E-state index contributed by atoms with van der Waals surface area (Å²) in [6.07, 6.45) is 4.08. The molecular formula is C12H14O4. The molecule has 1 aliphatic rings. The fraction of sp³-hybridized carbons (Fsp3) is 0.417. The summed E-state index contributed by atoms with van der Waals surface area (Å²) in [5.74, 6) is 1.01. The van der Waals surface area contributed by atoms with E-state index < -0.39 is 0 Å². The molecule has 1 aliphatic carbocycles. The molecule has 0 unspecified atom stereocenters. The molecule has 0 saturated heterocycles. The van der Waals surface area contributed by atoms with Crippen LogP contribution in [0.1, 0.15) is 18.1 Å². The van der Waals surface area contributed by atoms with Gasteiger partial charge < -0.3 is 13.9 Å². The van der Waals surface area contributed by atoms with Crippen LogP contribution >= 0.6 is 0 Å². The molecule has 16 heavy (non-hydrogen) atoms. The Morgan fingerprint density at radius 3 is 2.88 bits per heavy atom. The smallest absolute Gasteiger partial charge is 0.310 e. The van der Waals surface area contributed by atoms with Crippen LogP contribution in [0.2, 0.25) is 0 Å². The van der Waals surface area contributed by atoms with Gasteiger partial charge in [-0.2, -0.15) is 0 Å². The Bertz CT molecular complexity index is 391. The minimum Gasteiger partial charge on any atom is -0.501 e. The molecule has 0 aliphatic heterocycles. The number of furan rings is 1. The summed E-state index contributed by atoms with van der Waals surface area (Å²) in [5, 5.41) is 0. The minimum absolute atomic E-state index is 0.0857. The van der Waals surface area contributed by atoms with Crippen molar-refractivity contribution in [3.8, 4) is 0 Å². The second kappa shape index (κ2) is 4.43. The van der Waals surface area contributed by atoms with E-state index in [1.165, 1.54) is 7.11 Å². The molecule has 0 bridgehead atoms. The first-order valence-electron chi connectivity index (χ1n) is 5.12. The van der Waals surface area contributed by atoms with E-state index in [0.29, 0.717) is 6.42 Å². The number of hydrogen-bond donors (Lipinski definition) is 0. The zero-order valence-electron chi connectivity index (χ0n) is 9.30. The Labute approximate surface area is 93.8 Å². The number of hydrogen-bond acceptors (Lipinski definition) is 4. The Kier molecular flexibility index (Phi) is 2.99. The lowest BCUT2D eigenvalue weighted by Gasteiger charge is -2.14. The first-order valence-corrected chi connectivity index (χ1v) is 5.12. The number of methoxy groups -OCH3 is 2. The third-order valence-corrected chi connectivity index (χ3v) is 2.86. The van der Waals surface area contributed by atoms with Crippen molar-refractivity contribution < 1.29 is 18.7 Å². The largest absolute Gasteiger partial charge is 0.501 e. The number of allylic oxidation sites excluding steroid dienone is 2. The quantitative estimate of drug-likeness (QED) is 0.735. The molecular weight excluding hydrogens is 208 g/mol. The van der Waals surface area contributed by atoms with Gasteiger partial charge in [0.2, 0.25) is 0 Å². The predicted molar refractivity (Wildman–Crippen MR) is 56.7 cm³/mol. The third-order valence-electron chi connectivity index (χ3n) is 2.86. The van der Waals surface area contributed by atoms with Gasteiger partial charge >= 0.3 is 5.97 Å². The highest BCUT2D eigenvalue weighted by molar-refractivity contribution is 5.75. The summed E-state index contributed by atoms with van der Waals surface area (Å²) in [5.41, 5.74) is 0. The van der Waals surface area contributed by atoms with Crippen molar-refractivity contribution in [2.24, 2.45) is 5.92 Å². The number of esters is 1. The van der Waals surface area contributed by atoms with Gasteiger partial charge in [0.25, 0.3) is 0 Å². The lowest BCUT2D eigenvalue weighted by atomic mass is 9.93. The Morgan fingerprint density at radius 2 is 2.31 bits per heavy atom. The molecule has 2 atom stereocenters. The predicted octanol–water partition coefficient (Wildman–Crippen LogP) is 2.09. The van der Waals surface area contributed by atoms with E-state index >= 15 is 0 Å². The maximum atomic E-state index is 11.6. The second-order valence-corrected chi connectivity index (χ2v) is 3.71. The van der Waals surface area contributed by atoms with Crippen molar-refractivity contribution in [2.45, 2.75) is 12.3 Å². The van der Waals surface area contributed by atoms with E-state index in [1.54, 1.807) is 13.4 Å². The standard InChI is InChI=1S/C12H14O4/c1-14-8-6-9(11-4-3-5-16-11)10(7-8)12(13)15-2/h3-6,9-10H,7H2,1-2H3/t9-,10-/m1/s1. The van der Waals surface area contributed by atoms with E-state index in [1.807, 2.05) is 18.2 Å². The average molecular weight is 222 g/mol. The topological polar surface area (TPSA) is 48.7 Å². The molecule has 1 heterocycles. The minimum atomic E-state index is -0.244. The van der Waals surface area contributed by atoms with Crippen molar-refractivity contribution in [3.05, 3.63) is 36.0 Å². The summed E-state index contributed by atoms with van der Waals surface area (Å²) in [6, 6.07) is 3.66. The summed E-state index contributed by atoms with van der Waals surface area (Å²) in [7, 11) is 3.00. The second-order valence-electron chi connectivity index (χ2n) is 3.71. The molecule has 0 N–H and O–H groups in total. The van der Waals surface area contributed by atoms with Gasteiger partial charge in [-0.05, 0) is 18.2 Å². The summed E-state index contributed by atoms with van der Waals surface area (Å²) >= 11 is 0. The SMILES string of the molecule is COC(=O)[C@@H]1CC(OC)=C[C@H]1c1ccco1. The van der Waals surface area contributed by atoms with E-state index in [9.17, 15) is 4.79 Å².